The minimum absolute atomic E-state index is 0.197. The van der Waals surface area contributed by atoms with Gasteiger partial charge in [-0.25, -0.2) is 26.4 Å². The molecule has 330 valence electrons. The number of carbonyl (C=O) groups is 2. The lowest BCUT2D eigenvalue weighted by molar-refractivity contribution is -0.274. The number of nitrogens with one attached hydrogen (secondary N) is 2. The van der Waals surface area contributed by atoms with Crippen LogP contribution in [0.3, 0.4) is 0 Å². The van der Waals surface area contributed by atoms with Gasteiger partial charge >= 0.3 is 18.3 Å². The maximum atomic E-state index is 12.7. The van der Waals surface area contributed by atoms with Gasteiger partial charge in [-0.05, 0) is 151 Å². The molecule has 0 fully saturated rings. The third kappa shape index (κ3) is 15.0. The molecule has 0 saturated carbocycles. The number of ether oxygens (including phenoxy) is 1. The molecule has 0 aliphatic rings. The largest absolute Gasteiger partial charge is 0.573 e. The van der Waals surface area contributed by atoms with E-state index in [1.807, 2.05) is 36.4 Å². The van der Waals surface area contributed by atoms with E-state index in [4.69, 9.17) is 10.2 Å². The van der Waals surface area contributed by atoms with Crippen molar-refractivity contribution in [3.8, 4) is 5.75 Å². The van der Waals surface area contributed by atoms with Gasteiger partial charge in [-0.2, -0.15) is 0 Å². The summed E-state index contributed by atoms with van der Waals surface area (Å²) in [6.07, 6.45) is 0.931. The molecule has 6 aromatic carbocycles. The Morgan fingerprint density at radius 3 is 1.27 bits per heavy atom. The highest BCUT2D eigenvalue weighted by atomic mass is 32.2. The Hall–Kier alpha value is -6.65. The number of halogens is 3. The van der Waals surface area contributed by atoms with Gasteiger partial charge in [-0.1, -0.05) is 74.0 Å². The maximum Gasteiger partial charge on any atom is 0.573 e. The molecule has 0 atom stereocenters. The second kappa shape index (κ2) is 21.4. The fraction of sp³-hybridized carbons (Fsp3) is 0.191. The fourth-order valence-electron chi connectivity index (χ4n) is 6.25. The number of benzene rings is 6. The molecule has 11 nitrogen and oxygen atoms in total. The molecule has 4 N–H and O–H groups in total. The van der Waals surface area contributed by atoms with Crippen LogP contribution in [0.15, 0.2) is 155 Å². The van der Waals surface area contributed by atoms with Gasteiger partial charge in [0.25, 0.3) is 20.0 Å². The van der Waals surface area contributed by atoms with E-state index in [0.717, 1.165) is 77.8 Å². The summed E-state index contributed by atoms with van der Waals surface area (Å²) in [4.78, 5) is 21.9. The summed E-state index contributed by atoms with van der Waals surface area (Å²) in [5.74, 6) is -2.46. The Bertz CT molecular complexity index is 2690. The lowest BCUT2D eigenvalue weighted by Gasteiger charge is -2.11. The Morgan fingerprint density at radius 1 is 0.524 bits per heavy atom. The van der Waals surface area contributed by atoms with Gasteiger partial charge in [0.15, 0.2) is 0 Å². The SMILES string of the molecule is CCCCc1ccc(S(=O)(=O)Nc2cccc(CCc3ccc(C(=O)O)cc3)c2)cc1.O=C(O)c1ccc(CCc2cccc(NS(=O)(=O)c3ccc(OC(F)(F)F)cc3)c2)cc1. The Labute approximate surface area is 364 Å². The Morgan fingerprint density at radius 2 is 0.889 bits per heavy atom. The van der Waals surface area contributed by atoms with Crippen LogP contribution >= 0.6 is 0 Å². The van der Waals surface area contributed by atoms with Crippen molar-refractivity contribution in [1.82, 2.24) is 0 Å². The molecule has 0 saturated heterocycles. The molecular formula is C47H45F3N2O9S2. The van der Waals surface area contributed by atoms with Gasteiger partial charge in [-0.15, -0.1) is 13.2 Å². The number of hydrogen-bond donors (Lipinski definition) is 4. The van der Waals surface area contributed by atoms with Crippen LogP contribution in [0.25, 0.3) is 0 Å². The molecule has 0 aliphatic heterocycles. The van der Waals surface area contributed by atoms with E-state index in [-0.39, 0.29) is 20.9 Å². The van der Waals surface area contributed by atoms with Crippen LogP contribution in [0, 0.1) is 0 Å². The average Bonchev–Trinajstić information content (AvgIpc) is 3.24. The minimum Gasteiger partial charge on any atom is -0.478 e. The standard InChI is InChI=1S/C25H27NO4S.C22H18F3NO5S/c1-2-3-5-19-12-16-24(17-13-19)31(29,30)26-23-7-4-6-21(18-23)9-8-20-10-14-22(15-11-20)25(27)28;23-22(24,25)31-19-10-12-20(13-11-19)32(29,30)26-18-3-1-2-16(14-18)5-4-15-6-8-17(9-7-15)21(27)28/h4,6-7,10-18,26H,2-3,5,8-9H2,1H3,(H,27,28);1-3,6-14,26H,4-5H2,(H,27,28). The number of aryl methyl sites for hydroxylation is 5. The van der Waals surface area contributed by atoms with Gasteiger partial charge in [0.2, 0.25) is 0 Å². The monoisotopic (exact) mass is 902 g/mol. The predicted molar refractivity (Wildman–Crippen MR) is 234 cm³/mol. The first kappa shape index (κ1) is 47.4. The Kier molecular flexibility index (Phi) is 16.1. The van der Waals surface area contributed by atoms with Crippen LogP contribution < -0.4 is 14.2 Å². The smallest absolute Gasteiger partial charge is 0.478 e. The summed E-state index contributed by atoms with van der Waals surface area (Å²) >= 11 is 0. The molecule has 0 aromatic heterocycles. The van der Waals surface area contributed by atoms with E-state index in [2.05, 4.69) is 21.1 Å². The van der Waals surface area contributed by atoms with Gasteiger partial charge in [0, 0.05) is 11.4 Å². The zero-order chi connectivity index (χ0) is 45.6. The van der Waals surface area contributed by atoms with E-state index in [1.54, 1.807) is 72.8 Å². The summed E-state index contributed by atoms with van der Waals surface area (Å²) < 4.78 is 96.1. The van der Waals surface area contributed by atoms with Crippen LogP contribution in [0.4, 0.5) is 24.5 Å². The zero-order valence-corrected chi connectivity index (χ0v) is 35.6. The molecule has 0 radical (unpaired) electrons. The minimum atomic E-state index is -4.86. The normalized spacial score (nSPS) is 11.5. The van der Waals surface area contributed by atoms with Crippen LogP contribution in [0.5, 0.6) is 5.75 Å². The molecule has 63 heavy (non-hydrogen) atoms. The summed E-state index contributed by atoms with van der Waals surface area (Å²) in [6, 6.07) is 38.3. The molecule has 0 bridgehead atoms. The average molecular weight is 903 g/mol. The molecule has 16 heteroatoms. The highest BCUT2D eigenvalue weighted by molar-refractivity contribution is 7.93. The third-order valence-electron chi connectivity index (χ3n) is 9.59. The van der Waals surface area contributed by atoms with Crippen molar-refractivity contribution in [2.45, 2.75) is 68.0 Å². The lowest BCUT2D eigenvalue weighted by atomic mass is 10.0. The van der Waals surface area contributed by atoms with E-state index in [0.29, 0.717) is 30.6 Å². The van der Waals surface area contributed by atoms with Crippen molar-refractivity contribution in [2.75, 3.05) is 9.44 Å². The topological polar surface area (TPSA) is 176 Å². The van der Waals surface area contributed by atoms with Crippen molar-refractivity contribution >= 4 is 43.4 Å². The van der Waals surface area contributed by atoms with E-state index >= 15 is 0 Å². The van der Waals surface area contributed by atoms with Gasteiger partial charge < -0.3 is 14.9 Å². The lowest BCUT2D eigenvalue weighted by Crippen LogP contribution is -2.17. The summed E-state index contributed by atoms with van der Waals surface area (Å²) in [6.45, 7) is 2.13. The third-order valence-corrected chi connectivity index (χ3v) is 12.4. The van der Waals surface area contributed by atoms with E-state index < -0.39 is 44.1 Å². The predicted octanol–water partition coefficient (Wildman–Crippen LogP) is 10.2. The molecule has 0 amide bonds. The van der Waals surface area contributed by atoms with Crippen molar-refractivity contribution in [2.24, 2.45) is 0 Å². The molecular weight excluding hydrogens is 858 g/mol. The number of anilines is 2. The van der Waals surface area contributed by atoms with Gasteiger partial charge in [-0.3, -0.25) is 9.44 Å². The number of sulfonamides is 2. The van der Waals surface area contributed by atoms with Crippen molar-refractivity contribution in [3.05, 3.63) is 185 Å². The zero-order valence-electron chi connectivity index (χ0n) is 34.0. The van der Waals surface area contributed by atoms with Gasteiger partial charge in [0.05, 0.1) is 20.9 Å². The first-order valence-corrected chi connectivity index (χ1v) is 22.7. The van der Waals surface area contributed by atoms with Gasteiger partial charge in [0.1, 0.15) is 5.75 Å². The number of hydrogen-bond acceptors (Lipinski definition) is 7. The quantitative estimate of drug-likeness (QED) is 0.0654. The molecule has 6 rings (SSSR count). The maximum absolute atomic E-state index is 12.7. The number of alkyl halides is 3. The highest BCUT2D eigenvalue weighted by Crippen LogP contribution is 2.26. The summed E-state index contributed by atoms with van der Waals surface area (Å²) in [7, 11) is -7.67. The van der Waals surface area contributed by atoms with Crippen LogP contribution in [0.2, 0.25) is 0 Å². The highest BCUT2D eigenvalue weighted by Gasteiger charge is 2.31. The number of carboxylic acids is 2. The Balaban J connectivity index is 0.000000238. The molecule has 0 spiro atoms. The number of carboxylic acid groups (broad SMARTS) is 2. The summed E-state index contributed by atoms with van der Waals surface area (Å²) in [5, 5.41) is 17.9. The van der Waals surface area contributed by atoms with E-state index in [1.165, 1.54) is 12.1 Å². The van der Waals surface area contributed by atoms with Crippen LogP contribution in [0.1, 0.15) is 68.3 Å². The van der Waals surface area contributed by atoms with Crippen LogP contribution in [-0.2, 0) is 52.2 Å². The van der Waals surface area contributed by atoms with Crippen molar-refractivity contribution < 1.29 is 54.5 Å². The second-order valence-corrected chi connectivity index (χ2v) is 17.7. The summed E-state index contributed by atoms with van der Waals surface area (Å²) in [5.41, 5.74) is 6.23. The number of unbranched alkanes of at least 4 members (excludes halogenated alkanes) is 1. The second-order valence-electron chi connectivity index (χ2n) is 14.4. The first-order chi connectivity index (χ1) is 29.9. The van der Waals surface area contributed by atoms with Crippen molar-refractivity contribution in [3.63, 3.8) is 0 Å². The van der Waals surface area contributed by atoms with Crippen LogP contribution in [-0.4, -0.2) is 45.3 Å². The molecule has 6 aromatic rings. The van der Waals surface area contributed by atoms with E-state index in [9.17, 15) is 39.6 Å². The fourth-order valence-corrected chi connectivity index (χ4v) is 8.35. The first-order valence-electron chi connectivity index (χ1n) is 19.7. The molecule has 0 heterocycles. The molecule has 0 aliphatic carbocycles. The molecule has 0 unspecified atom stereocenters. The number of rotatable bonds is 18. The number of aromatic carboxylic acids is 2. The van der Waals surface area contributed by atoms with Crippen molar-refractivity contribution in [1.29, 1.82) is 0 Å².